The zero-order valence-corrected chi connectivity index (χ0v) is 16.0. The van der Waals surface area contributed by atoms with Gasteiger partial charge in [-0.15, -0.1) is 11.3 Å². The quantitative estimate of drug-likeness (QED) is 0.720. The molecular formula is C20H28N2OS. The van der Waals surface area contributed by atoms with Crippen LogP contribution in [0.4, 0.5) is 0 Å². The van der Waals surface area contributed by atoms with E-state index in [1.165, 1.54) is 35.2 Å². The molecule has 0 unspecified atom stereocenters. The molecule has 0 bridgehead atoms. The van der Waals surface area contributed by atoms with Crippen molar-refractivity contribution in [3.63, 3.8) is 0 Å². The summed E-state index contributed by atoms with van der Waals surface area (Å²) in [5, 5.41) is 3.29. The molecule has 3 nitrogen and oxygen atoms in total. The Morgan fingerprint density at radius 1 is 1.33 bits per heavy atom. The van der Waals surface area contributed by atoms with E-state index in [1.807, 2.05) is 6.92 Å². The predicted molar refractivity (Wildman–Crippen MR) is 100 cm³/mol. The number of hydrogen-bond donors (Lipinski definition) is 0. The summed E-state index contributed by atoms with van der Waals surface area (Å²) in [6, 6.07) is 7.45. The zero-order valence-electron chi connectivity index (χ0n) is 15.2. The van der Waals surface area contributed by atoms with Crippen molar-refractivity contribution in [2.24, 2.45) is 0 Å². The van der Waals surface area contributed by atoms with Crippen LogP contribution in [0, 0.1) is 13.8 Å². The summed E-state index contributed by atoms with van der Waals surface area (Å²) in [6.07, 6.45) is 2.61. The van der Waals surface area contributed by atoms with Crippen LogP contribution in [0.25, 0.3) is 0 Å². The molecule has 1 fully saturated rings. The number of benzene rings is 1. The lowest BCUT2D eigenvalue weighted by Gasteiger charge is -2.24. The van der Waals surface area contributed by atoms with Crippen molar-refractivity contribution in [1.29, 1.82) is 0 Å². The number of nitrogens with zero attached hydrogens (tertiary/aromatic N) is 2. The molecule has 4 heteroatoms. The van der Waals surface area contributed by atoms with Crippen molar-refractivity contribution in [2.45, 2.75) is 59.2 Å². The minimum atomic E-state index is 0.0999. The molecule has 1 aromatic carbocycles. The maximum Gasteiger partial charge on any atom is 0.122 e. The normalized spacial score (nSPS) is 19.8. The molecule has 3 rings (SSSR count). The van der Waals surface area contributed by atoms with Crippen molar-refractivity contribution in [2.75, 3.05) is 13.2 Å². The van der Waals surface area contributed by atoms with E-state index in [-0.39, 0.29) is 6.10 Å². The number of aryl methyl sites for hydroxylation is 2. The van der Waals surface area contributed by atoms with E-state index in [2.05, 4.69) is 49.3 Å². The van der Waals surface area contributed by atoms with E-state index in [0.29, 0.717) is 6.04 Å². The van der Waals surface area contributed by atoms with Crippen LogP contribution in [0.2, 0.25) is 0 Å². The van der Waals surface area contributed by atoms with Gasteiger partial charge in [-0.2, -0.15) is 0 Å². The van der Waals surface area contributed by atoms with E-state index in [0.717, 1.165) is 24.7 Å². The minimum absolute atomic E-state index is 0.0999. The number of aromatic nitrogens is 1. The molecule has 0 N–H and O–H groups in total. The van der Waals surface area contributed by atoms with Crippen LogP contribution in [-0.2, 0) is 11.3 Å². The lowest BCUT2D eigenvalue weighted by atomic mass is 9.99. The monoisotopic (exact) mass is 344 g/mol. The Hall–Kier alpha value is -1.23. The molecule has 2 atom stereocenters. The first kappa shape index (κ1) is 17.6. The third-order valence-electron chi connectivity index (χ3n) is 4.98. The Morgan fingerprint density at radius 3 is 2.92 bits per heavy atom. The second-order valence-corrected chi connectivity index (χ2v) is 7.64. The maximum absolute atomic E-state index is 5.66. The maximum atomic E-state index is 5.66. The van der Waals surface area contributed by atoms with Crippen LogP contribution in [0.1, 0.15) is 66.2 Å². The van der Waals surface area contributed by atoms with Crippen molar-refractivity contribution in [3.8, 4) is 0 Å². The highest BCUT2D eigenvalue weighted by atomic mass is 32.1. The standard InChI is InChI=1S/C20H28N2OS/c1-5-23-16(4)20-21-18(13-24-20)12-22-10-6-7-19(22)17-9-8-14(2)15(3)11-17/h8-9,11,13,16,19H,5-7,10,12H2,1-4H3/t16-,19-/m0/s1. The molecular weight excluding hydrogens is 316 g/mol. The molecule has 130 valence electrons. The fourth-order valence-electron chi connectivity index (χ4n) is 3.48. The highest BCUT2D eigenvalue weighted by molar-refractivity contribution is 7.09. The third kappa shape index (κ3) is 3.88. The second-order valence-electron chi connectivity index (χ2n) is 6.75. The smallest absolute Gasteiger partial charge is 0.122 e. The van der Waals surface area contributed by atoms with Gasteiger partial charge >= 0.3 is 0 Å². The van der Waals surface area contributed by atoms with Crippen molar-refractivity contribution >= 4 is 11.3 Å². The Bertz CT molecular complexity index is 682. The molecule has 0 amide bonds. The molecule has 0 saturated carbocycles. The Balaban J connectivity index is 1.71. The van der Waals surface area contributed by atoms with E-state index in [1.54, 1.807) is 11.3 Å². The van der Waals surface area contributed by atoms with Gasteiger partial charge in [0.15, 0.2) is 0 Å². The molecule has 24 heavy (non-hydrogen) atoms. The Kier molecular flexibility index (Phi) is 5.69. The minimum Gasteiger partial charge on any atom is -0.372 e. The lowest BCUT2D eigenvalue weighted by molar-refractivity contribution is 0.0760. The highest BCUT2D eigenvalue weighted by Gasteiger charge is 2.27. The first-order chi connectivity index (χ1) is 11.6. The van der Waals surface area contributed by atoms with Gasteiger partial charge in [0.05, 0.1) is 5.69 Å². The van der Waals surface area contributed by atoms with Crippen LogP contribution in [-0.4, -0.2) is 23.0 Å². The summed E-state index contributed by atoms with van der Waals surface area (Å²) < 4.78 is 5.66. The largest absolute Gasteiger partial charge is 0.372 e. The molecule has 1 saturated heterocycles. The molecule has 0 aliphatic carbocycles. The van der Waals surface area contributed by atoms with Crippen LogP contribution >= 0.6 is 11.3 Å². The number of thiazole rings is 1. The summed E-state index contributed by atoms with van der Waals surface area (Å²) >= 11 is 1.72. The second kappa shape index (κ2) is 7.77. The van der Waals surface area contributed by atoms with Crippen LogP contribution in [0.5, 0.6) is 0 Å². The van der Waals surface area contributed by atoms with Gasteiger partial charge in [0.2, 0.25) is 0 Å². The number of likely N-dealkylation sites (tertiary alicyclic amines) is 1. The highest BCUT2D eigenvalue weighted by Crippen LogP contribution is 2.34. The van der Waals surface area contributed by atoms with Crippen molar-refractivity contribution in [3.05, 3.63) is 51.0 Å². The van der Waals surface area contributed by atoms with Crippen molar-refractivity contribution in [1.82, 2.24) is 9.88 Å². The van der Waals surface area contributed by atoms with E-state index < -0.39 is 0 Å². The molecule has 1 aliphatic heterocycles. The average molecular weight is 345 g/mol. The van der Waals surface area contributed by atoms with Gasteiger partial charge in [-0.1, -0.05) is 18.2 Å². The topological polar surface area (TPSA) is 25.4 Å². The van der Waals surface area contributed by atoms with Gasteiger partial charge in [-0.05, 0) is 63.8 Å². The predicted octanol–water partition coefficient (Wildman–Crippen LogP) is 5.19. The van der Waals surface area contributed by atoms with E-state index in [9.17, 15) is 0 Å². The number of ether oxygens (including phenoxy) is 1. The first-order valence-electron chi connectivity index (χ1n) is 8.95. The van der Waals surface area contributed by atoms with E-state index in [4.69, 9.17) is 9.72 Å². The summed E-state index contributed by atoms with van der Waals surface area (Å²) in [5.41, 5.74) is 5.39. The fraction of sp³-hybridized carbons (Fsp3) is 0.550. The van der Waals surface area contributed by atoms with Gasteiger partial charge in [0.25, 0.3) is 0 Å². The molecule has 0 radical (unpaired) electrons. The number of hydrogen-bond acceptors (Lipinski definition) is 4. The van der Waals surface area contributed by atoms with Gasteiger partial charge in [0, 0.05) is 24.6 Å². The summed E-state index contributed by atoms with van der Waals surface area (Å²) in [5.74, 6) is 0. The molecule has 2 heterocycles. The van der Waals surface area contributed by atoms with Crippen LogP contribution < -0.4 is 0 Å². The summed E-state index contributed by atoms with van der Waals surface area (Å²) in [4.78, 5) is 7.38. The summed E-state index contributed by atoms with van der Waals surface area (Å²) in [6.45, 7) is 11.3. The molecule has 1 aromatic heterocycles. The third-order valence-corrected chi connectivity index (χ3v) is 6.03. The van der Waals surface area contributed by atoms with Crippen molar-refractivity contribution < 1.29 is 4.74 Å². The van der Waals surface area contributed by atoms with E-state index >= 15 is 0 Å². The van der Waals surface area contributed by atoms with Gasteiger partial charge in [-0.3, -0.25) is 4.90 Å². The molecule has 0 spiro atoms. The number of rotatable bonds is 6. The SMILES string of the molecule is CCO[C@@H](C)c1nc(CN2CCC[C@H]2c2ccc(C)c(C)c2)cs1. The molecule has 1 aliphatic rings. The summed E-state index contributed by atoms with van der Waals surface area (Å²) in [7, 11) is 0. The van der Waals surface area contributed by atoms with Crippen LogP contribution in [0.3, 0.4) is 0 Å². The average Bonchev–Trinajstić information content (AvgIpc) is 3.20. The van der Waals surface area contributed by atoms with Crippen LogP contribution in [0.15, 0.2) is 23.6 Å². The zero-order chi connectivity index (χ0) is 17.1. The Labute approximate surface area is 149 Å². The molecule has 2 aromatic rings. The Morgan fingerprint density at radius 2 is 2.17 bits per heavy atom. The van der Waals surface area contributed by atoms with Gasteiger partial charge < -0.3 is 4.74 Å². The fourth-order valence-corrected chi connectivity index (χ4v) is 4.29. The van der Waals surface area contributed by atoms with Gasteiger partial charge in [-0.25, -0.2) is 4.98 Å². The lowest BCUT2D eigenvalue weighted by Crippen LogP contribution is -2.23. The first-order valence-corrected chi connectivity index (χ1v) is 9.83. The van der Waals surface area contributed by atoms with Gasteiger partial charge in [0.1, 0.15) is 11.1 Å².